The second-order valence-electron chi connectivity index (χ2n) is 9.30. The van der Waals surface area contributed by atoms with E-state index in [0.29, 0.717) is 41.9 Å². The number of methoxy groups -OCH3 is 2. The first-order valence-corrected chi connectivity index (χ1v) is 13.1. The Morgan fingerprint density at radius 1 is 1.05 bits per heavy atom. The van der Waals surface area contributed by atoms with E-state index in [1.54, 1.807) is 27.3 Å². The number of aromatic nitrogens is 4. The molecule has 0 atom stereocenters. The quantitative estimate of drug-likeness (QED) is 0.379. The van der Waals surface area contributed by atoms with Gasteiger partial charge in [-0.1, -0.05) is 33.1 Å². The van der Waals surface area contributed by atoms with E-state index in [2.05, 4.69) is 28.8 Å². The van der Waals surface area contributed by atoms with Gasteiger partial charge < -0.3 is 19.1 Å². The summed E-state index contributed by atoms with van der Waals surface area (Å²) < 4.78 is 18.6. The summed E-state index contributed by atoms with van der Waals surface area (Å²) in [7, 11) is 4.80. The zero-order valence-electron chi connectivity index (χ0n) is 22.6. The smallest absolute Gasteiger partial charge is 0.416 e. The molecule has 0 unspecified atom stereocenters. The normalized spacial score (nSPS) is 14.2. The van der Waals surface area contributed by atoms with Gasteiger partial charge in [0.1, 0.15) is 6.61 Å². The summed E-state index contributed by atoms with van der Waals surface area (Å²) in [5.74, 6) is 1.37. The van der Waals surface area contributed by atoms with Crippen LogP contribution in [0.2, 0.25) is 0 Å². The molecule has 1 fully saturated rings. The number of rotatable bonds is 10. The number of amides is 1. The SMILES string of the molecule is CCN(CC)CCOC(=O)N(C)c1nc(-c2cnn(C3CCCCC3)c2)c2cc(OC)c(OC)cc2n1. The van der Waals surface area contributed by atoms with Gasteiger partial charge in [-0.15, -0.1) is 0 Å². The molecule has 0 spiro atoms. The number of benzene rings is 1. The third-order valence-electron chi connectivity index (χ3n) is 7.11. The molecule has 2 heterocycles. The molecule has 0 N–H and O–H groups in total. The maximum atomic E-state index is 12.9. The molecule has 1 aromatic carbocycles. The highest BCUT2D eigenvalue weighted by atomic mass is 16.6. The Morgan fingerprint density at radius 2 is 1.76 bits per heavy atom. The Hall–Kier alpha value is -3.40. The Bertz CT molecular complexity index is 1200. The Kier molecular flexibility index (Phi) is 8.81. The lowest BCUT2D eigenvalue weighted by atomic mass is 9.96. The van der Waals surface area contributed by atoms with E-state index in [4.69, 9.17) is 19.2 Å². The van der Waals surface area contributed by atoms with E-state index in [-0.39, 0.29) is 5.95 Å². The Labute approximate surface area is 218 Å². The third-order valence-corrected chi connectivity index (χ3v) is 7.11. The van der Waals surface area contributed by atoms with Gasteiger partial charge in [-0.2, -0.15) is 5.10 Å². The van der Waals surface area contributed by atoms with Crippen LogP contribution in [-0.2, 0) is 4.74 Å². The third kappa shape index (κ3) is 5.95. The van der Waals surface area contributed by atoms with Crippen LogP contribution in [0.3, 0.4) is 0 Å². The van der Waals surface area contributed by atoms with Crippen LogP contribution in [0.15, 0.2) is 24.5 Å². The molecule has 0 saturated heterocycles. The zero-order chi connectivity index (χ0) is 26.4. The monoisotopic (exact) mass is 510 g/mol. The molecule has 3 aromatic rings. The maximum absolute atomic E-state index is 12.9. The summed E-state index contributed by atoms with van der Waals surface area (Å²) in [6.45, 7) is 6.95. The summed E-state index contributed by atoms with van der Waals surface area (Å²) in [5.41, 5.74) is 2.16. The van der Waals surface area contributed by atoms with Gasteiger partial charge >= 0.3 is 6.09 Å². The van der Waals surface area contributed by atoms with E-state index in [9.17, 15) is 4.79 Å². The fraction of sp³-hybridized carbons (Fsp3) is 0.556. The molecule has 2 aromatic heterocycles. The number of hydrogen-bond donors (Lipinski definition) is 0. The molecule has 0 radical (unpaired) electrons. The number of hydrogen-bond acceptors (Lipinski definition) is 8. The van der Waals surface area contributed by atoms with Gasteiger partial charge in [-0.3, -0.25) is 4.68 Å². The highest BCUT2D eigenvalue weighted by molar-refractivity contribution is 5.96. The average molecular weight is 511 g/mol. The van der Waals surface area contributed by atoms with E-state index >= 15 is 0 Å². The molecular weight excluding hydrogens is 472 g/mol. The lowest BCUT2D eigenvalue weighted by Gasteiger charge is -2.21. The van der Waals surface area contributed by atoms with E-state index in [0.717, 1.165) is 36.9 Å². The average Bonchev–Trinajstić information content (AvgIpc) is 3.44. The minimum absolute atomic E-state index is 0.243. The second-order valence-corrected chi connectivity index (χ2v) is 9.30. The minimum Gasteiger partial charge on any atom is -0.493 e. The van der Waals surface area contributed by atoms with Crippen molar-refractivity contribution in [3.8, 4) is 22.8 Å². The minimum atomic E-state index is -0.504. The first-order valence-electron chi connectivity index (χ1n) is 13.1. The van der Waals surface area contributed by atoms with Crippen molar-refractivity contribution < 1.29 is 19.0 Å². The summed E-state index contributed by atoms with van der Waals surface area (Å²) in [5, 5.41) is 5.46. The van der Waals surface area contributed by atoms with Crippen molar-refractivity contribution in [3.63, 3.8) is 0 Å². The van der Waals surface area contributed by atoms with Gasteiger partial charge in [0, 0.05) is 36.8 Å². The summed E-state index contributed by atoms with van der Waals surface area (Å²) in [4.78, 5) is 25.9. The number of fused-ring (bicyclic) bond motifs is 1. The molecule has 1 aliphatic rings. The molecule has 1 aliphatic carbocycles. The van der Waals surface area contributed by atoms with Gasteiger partial charge in [0.05, 0.1) is 37.7 Å². The summed E-state index contributed by atoms with van der Waals surface area (Å²) in [6, 6.07) is 4.06. The first-order chi connectivity index (χ1) is 18.0. The van der Waals surface area contributed by atoms with Crippen LogP contribution in [0.4, 0.5) is 10.7 Å². The molecule has 1 amide bonds. The molecular formula is C27H38N6O4. The molecule has 0 aliphatic heterocycles. The Morgan fingerprint density at radius 3 is 2.43 bits per heavy atom. The van der Waals surface area contributed by atoms with Crippen molar-refractivity contribution in [3.05, 3.63) is 24.5 Å². The molecule has 0 bridgehead atoms. The Balaban J connectivity index is 1.69. The van der Waals surface area contributed by atoms with Crippen molar-refractivity contribution in [1.82, 2.24) is 24.6 Å². The van der Waals surface area contributed by atoms with Gasteiger partial charge in [0.15, 0.2) is 11.5 Å². The van der Waals surface area contributed by atoms with Crippen LogP contribution in [0.1, 0.15) is 52.0 Å². The van der Waals surface area contributed by atoms with Crippen LogP contribution < -0.4 is 14.4 Å². The number of nitrogens with zero attached hydrogens (tertiary/aromatic N) is 6. The highest BCUT2D eigenvalue weighted by Crippen LogP contribution is 2.37. The van der Waals surface area contributed by atoms with Crippen molar-refractivity contribution >= 4 is 22.9 Å². The van der Waals surface area contributed by atoms with Crippen LogP contribution in [0, 0.1) is 0 Å². The van der Waals surface area contributed by atoms with Crippen molar-refractivity contribution in [2.24, 2.45) is 0 Å². The molecule has 200 valence electrons. The number of carbonyl (C=O) groups excluding carboxylic acids is 1. The molecule has 37 heavy (non-hydrogen) atoms. The standard InChI is InChI=1S/C27H38N6O4/c1-6-32(7-2)13-14-37-27(34)31(3)26-29-22-16-24(36-5)23(35-4)15-21(22)25(30-26)19-17-28-33(18-19)20-11-9-8-10-12-20/h15-18,20H,6-14H2,1-5H3. The molecule has 10 nitrogen and oxygen atoms in total. The predicted octanol–water partition coefficient (Wildman–Crippen LogP) is 4.93. The zero-order valence-corrected chi connectivity index (χ0v) is 22.6. The van der Waals surface area contributed by atoms with Crippen LogP contribution in [-0.4, -0.2) is 78.3 Å². The molecule has 1 saturated carbocycles. The number of carbonyl (C=O) groups is 1. The number of likely N-dealkylation sites (N-methyl/N-ethyl adjacent to an activating group) is 1. The summed E-state index contributed by atoms with van der Waals surface area (Å²) >= 11 is 0. The van der Waals surface area contributed by atoms with Crippen LogP contribution >= 0.6 is 0 Å². The topological polar surface area (TPSA) is 94.8 Å². The fourth-order valence-corrected chi connectivity index (χ4v) is 4.80. The maximum Gasteiger partial charge on any atom is 0.416 e. The highest BCUT2D eigenvalue weighted by Gasteiger charge is 2.22. The van der Waals surface area contributed by atoms with Crippen molar-refractivity contribution in [1.29, 1.82) is 0 Å². The van der Waals surface area contributed by atoms with Gasteiger partial charge in [0.25, 0.3) is 0 Å². The number of ether oxygens (including phenoxy) is 3. The van der Waals surface area contributed by atoms with Crippen molar-refractivity contribution in [2.45, 2.75) is 52.0 Å². The predicted molar refractivity (Wildman–Crippen MR) is 144 cm³/mol. The van der Waals surface area contributed by atoms with E-state index in [1.165, 1.54) is 24.2 Å². The lowest BCUT2D eigenvalue weighted by Crippen LogP contribution is -2.33. The van der Waals surface area contributed by atoms with E-state index < -0.39 is 6.09 Å². The summed E-state index contributed by atoms with van der Waals surface area (Å²) in [6.07, 6.45) is 9.35. The first kappa shape index (κ1) is 26.7. The van der Waals surface area contributed by atoms with Gasteiger partial charge in [0.2, 0.25) is 5.95 Å². The molecule has 10 heteroatoms. The number of anilines is 1. The van der Waals surface area contributed by atoms with E-state index in [1.807, 2.05) is 23.1 Å². The lowest BCUT2D eigenvalue weighted by molar-refractivity contribution is 0.137. The van der Waals surface area contributed by atoms with Crippen LogP contribution in [0.5, 0.6) is 11.5 Å². The second kappa shape index (κ2) is 12.2. The van der Waals surface area contributed by atoms with Gasteiger partial charge in [-0.25, -0.2) is 19.7 Å². The largest absolute Gasteiger partial charge is 0.493 e. The van der Waals surface area contributed by atoms with Crippen LogP contribution in [0.25, 0.3) is 22.2 Å². The van der Waals surface area contributed by atoms with Gasteiger partial charge in [-0.05, 0) is 32.0 Å². The fourth-order valence-electron chi connectivity index (χ4n) is 4.80. The van der Waals surface area contributed by atoms with Crippen molar-refractivity contribution in [2.75, 3.05) is 52.4 Å². The molecule has 4 rings (SSSR count).